The van der Waals surface area contributed by atoms with Crippen molar-refractivity contribution in [3.05, 3.63) is 72.6 Å². The average molecular weight is 492 g/mol. The zero-order chi connectivity index (χ0) is 25.1. The minimum atomic E-state index is -0.986. The molecule has 0 aliphatic carbocycles. The van der Waals surface area contributed by atoms with E-state index in [0.29, 0.717) is 43.4 Å². The van der Waals surface area contributed by atoms with Crippen LogP contribution in [-0.2, 0) is 11.3 Å². The zero-order valence-corrected chi connectivity index (χ0v) is 19.5. The SMILES string of the molecule is COc1cc(N2CCN(C(=O)Cn3nc(-c4ccc(F)c(F)c4)nc3-c3ccccc3)CC2)ncn1. The van der Waals surface area contributed by atoms with Crippen LogP contribution < -0.4 is 9.64 Å². The minimum Gasteiger partial charge on any atom is -0.481 e. The fourth-order valence-corrected chi connectivity index (χ4v) is 4.04. The van der Waals surface area contributed by atoms with Gasteiger partial charge >= 0.3 is 0 Å². The predicted octanol–water partition coefficient (Wildman–Crippen LogP) is 3.04. The van der Waals surface area contributed by atoms with Crippen molar-refractivity contribution < 1.29 is 18.3 Å². The summed E-state index contributed by atoms with van der Waals surface area (Å²) in [5.41, 5.74) is 1.08. The van der Waals surface area contributed by atoms with Gasteiger partial charge in [-0.3, -0.25) is 4.79 Å². The molecular formula is C25H23F2N7O2. The van der Waals surface area contributed by atoms with E-state index in [0.717, 1.165) is 23.5 Å². The Morgan fingerprint density at radius 2 is 1.72 bits per heavy atom. The molecule has 0 spiro atoms. The molecule has 1 aliphatic heterocycles. The summed E-state index contributed by atoms with van der Waals surface area (Å²) in [6.07, 6.45) is 1.45. The molecule has 1 fully saturated rings. The highest BCUT2D eigenvalue weighted by Gasteiger charge is 2.24. The molecule has 1 amide bonds. The maximum absolute atomic E-state index is 13.8. The largest absolute Gasteiger partial charge is 0.481 e. The summed E-state index contributed by atoms with van der Waals surface area (Å²) in [6, 6.07) is 14.6. The maximum Gasteiger partial charge on any atom is 0.244 e. The molecule has 184 valence electrons. The third-order valence-corrected chi connectivity index (χ3v) is 5.96. The highest BCUT2D eigenvalue weighted by Crippen LogP contribution is 2.24. The molecule has 3 heterocycles. The van der Waals surface area contributed by atoms with Crippen LogP contribution in [0.1, 0.15) is 0 Å². The molecule has 36 heavy (non-hydrogen) atoms. The number of piperazine rings is 1. The standard InChI is InChI=1S/C25H23F2N7O2/c1-36-22-14-21(28-16-29-22)32-9-11-33(12-10-32)23(35)15-34-25(17-5-3-2-4-6-17)30-24(31-34)18-7-8-19(26)20(27)13-18/h2-8,13-14,16H,9-12,15H2,1H3. The summed E-state index contributed by atoms with van der Waals surface area (Å²) in [7, 11) is 1.55. The van der Waals surface area contributed by atoms with Crippen LogP contribution >= 0.6 is 0 Å². The van der Waals surface area contributed by atoms with E-state index in [2.05, 4.69) is 25.0 Å². The Balaban J connectivity index is 1.34. The van der Waals surface area contributed by atoms with Gasteiger partial charge in [-0.25, -0.2) is 28.4 Å². The van der Waals surface area contributed by atoms with Gasteiger partial charge in [0.2, 0.25) is 11.8 Å². The first-order valence-corrected chi connectivity index (χ1v) is 11.4. The maximum atomic E-state index is 13.8. The third kappa shape index (κ3) is 4.85. The number of halogens is 2. The molecule has 1 aliphatic rings. The van der Waals surface area contributed by atoms with Gasteiger partial charge in [-0.05, 0) is 18.2 Å². The lowest BCUT2D eigenvalue weighted by Gasteiger charge is -2.35. The molecule has 0 N–H and O–H groups in total. The molecule has 5 rings (SSSR count). The molecule has 2 aromatic carbocycles. The predicted molar refractivity (Wildman–Crippen MR) is 128 cm³/mol. The van der Waals surface area contributed by atoms with E-state index in [1.54, 1.807) is 18.1 Å². The first-order chi connectivity index (χ1) is 17.5. The van der Waals surface area contributed by atoms with E-state index in [4.69, 9.17) is 4.74 Å². The summed E-state index contributed by atoms with van der Waals surface area (Å²) in [5, 5.41) is 4.47. The van der Waals surface area contributed by atoms with Crippen molar-refractivity contribution in [3.8, 4) is 28.7 Å². The van der Waals surface area contributed by atoms with Gasteiger partial charge in [0.25, 0.3) is 0 Å². The first kappa shape index (κ1) is 23.3. The van der Waals surface area contributed by atoms with E-state index in [1.165, 1.54) is 17.1 Å². The average Bonchev–Trinajstić information content (AvgIpc) is 3.34. The number of rotatable bonds is 6. The lowest BCUT2D eigenvalue weighted by Crippen LogP contribution is -2.50. The first-order valence-electron chi connectivity index (χ1n) is 11.4. The Morgan fingerprint density at radius 3 is 2.44 bits per heavy atom. The van der Waals surface area contributed by atoms with E-state index in [-0.39, 0.29) is 18.3 Å². The zero-order valence-electron chi connectivity index (χ0n) is 19.5. The van der Waals surface area contributed by atoms with Gasteiger partial charge in [0.1, 0.15) is 18.7 Å². The molecule has 0 saturated carbocycles. The number of methoxy groups -OCH3 is 1. The summed E-state index contributed by atoms with van der Waals surface area (Å²) in [6.45, 7) is 2.19. The lowest BCUT2D eigenvalue weighted by molar-refractivity contribution is -0.132. The molecule has 0 radical (unpaired) electrons. The second-order valence-electron chi connectivity index (χ2n) is 8.20. The number of carbonyl (C=O) groups excluding carboxylic acids is 1. The van der Waals surface area contributed by atoms with Crippen LogP contribution in [0.25, 0.3) is 22.8 Å². The highest BCUT2D eigenvalue weighted by molar-refractivity contribution is 5.77. The van der Waals surface area contributed by atoms with Crippen molar-refractivity contribution in [3.63, 3.8) is 0 Å². The second-order valence-corrected chi connectivity index (χ2v) is 8.20. The number of benzene rings is 2. The highest BCUT2D eigenvalue weighted by atomic mass is 19.2. The number of ether oxygens (including phenoxy) is 1. The summed E-state index contributed by atoms with van der Waals surface area (Å²) < 4.78 is 33.9. The Labute approximate surface area is 206 Å². The second kappa shape index (κ2) is 10.1. The number of amides is 1. The molecule has 0 atom stereocenters. The van der Waals surface area contributed by atoms with Gasteiger partial charge in [0.15, 0.2) is 23.3 Å². The number of nitrogens with zero attached hydrogens (tertiary/aromatic N) is 7. The summed E-state index contributed by atoms with van der Waals surface area (Å²) in [4.78, 5) is 29.9. The Morgan fingerprint density at radius 1 is 0.944 bits per heavy atom. The molecule has 11 heteroatoms. The van der Waals surface area contributed by atoms with Gasteiger partial charge in [-0.15, -0.1) is 5.10 Å². The Kier molecular flexibility index (Phi) is 6.52. The van der Waals surface area contributed by atoms with Crippen molar-refractivity contribution >= 4 is 11.7 Å². The molecular weight excluding hydrogens is 468 g/mol. The fourth-order valence-electron chi connectivity index (χ4n) is 4.04. The summed E-state index contributed by atoms with van der Waals surface area (Å²) in [5.74, 6) is -0.147. The van der Waals surface area contributed by atoms with Crippen LogP contribution in [-0.4, -0.2) is 68.8 Å². The van der Waals surface area contributed by atoms with E-state index >= 15 is 0 Å². The smallest absolute Gasteiger partial charge is 0.244 e. The van der Waals surface area contributed by atoms with Gasteiger partial charge in [0, 0.05) is 43.4 Å². The Hall–Kier alpha value is -4.41. The fraction of sp³-hybridized carbons (Fsp3) is 0.240. The van der Waals surface area contributed by atoms with Crippen molar-refractivity contribution in [2.24, 2.45) is 0 Å². The lowest BCUT2D eigenvalue weighted by atomic mass is 10.2. The molecule has 9 nitrogen and oxygen atoms in total. The quantitative estimate of drug-likeness (QED) is 0.410. The van der Waals surface area contributed by atoms with Gasteiger partial charge < -0.3 is 14.5 Å². The van der Waals surface area contributed by atoms with Crippen LogP contribution in [0.2, 0.25) is 0 Å². The van der Waals surface area contributed by atoms with Crippen molar-refractivity contribution in [2.75, 3.05) is 38.2 Å². The Bertz CT molecular complexity index is 1370. The number of anilines is 1. The number of hydrogen-bond donors (Lipinski definition) is 0. The third-order valence-electron chi connectivity index (χ3n) is 5.96. The van der Waals surface area contributed by atoms with E-state index in [1.807, 2.05) is 30.3 Å². The molecule has 2 aromatic heterocycles. The van der Waals surface area contributed by atoms with Crippen molar-refractivity contribution in [1.29, 1.82) is 0 Å². The van der Waals surface area contributed by atoms with Crippen molar-refractivity contribution in [1.82, 2.24) is 29.6 Å². The molecule has 0 bridgehead atoms. The summed E-state index contributed by atoms with van der Waals surface area (Å²) >= 11 is 0. The minimum absolute atomic E-state index is 0.0395. The van der Waals surface area contributed by atoms with Crippen LogP contribution in [0.15, 0.2) is 60.9 Å². The number of carbonyl (C=O) groups is 1. The molecule has 0 unspecified atom stereocenters. The molecule has 1 saturated heterocycles. The van der Waals surface area contributed by atoms with Gasteiger partial charge in [-0.2, -0.15) is 0 Å². The van der Waals surface area contributed by atoms with E-state index in [9.17, 15) is 13.6 Å². The van der Waals surface area contributed by atoms with E-state index < -0.39 is 11.6 Å². The monoisotopic (exact) mass is 491 g/mol. The molecule has 4 aromatic rings. The van der Waals surface area contributed by atoms with Crippen LogP contribution in [0.3, 0.4) is 0 Å². The van der Waals surface area contributed by atoms with Gasteiger partial charge in [-0.1, -0.05) is 30.3 Å². The van der Waals surface area contributed by atoms with Crippen molar-refractivity contribution in [2.45, 2.75) is 6.54 Å². The normalized spacial score (nSPS) is 13.6. The van der Waals surface area contributed by atoms with Crippen LogP contribution in [0.5, 0.6) is 5.88 Å². The number of aromatic nitrogens is 5. The number of hydrogen-bond acceptors (Lipinski definition) is 7. The van der Waals surface area contributed by atoms with Gasteiger partial charge in [0.05, 0.1) is 7.11 Å². The topological polar surface area (TPSA) is 89.3 Å². The van der Waals surface area contributed by atoms with Crippen LogP contribution in [0.4, 0.5) is 14.6 Å². The van der Waals surface area contributed by atoms with Crippen LogP contribution in [0, 0.1) is 11.6 Å².